The van der Waals surface area contributed by atoms with Crippen molar-refractivity contribution in [3.05, 3.63) is 45.6 Å². The summed E-state index contributed by atoms with van der Waals surface area (Å²) < 4.78 is 0. The van der Waals surface area contributed by atoms with E-state index in [9.17, 15) is 4.79 Å². The molecule has 0 radical (unpaired) electrons. The largest absolute Gasteiger partial charge is 0.378 e. The first kappa shape index (κ1) is 15.4. The number of anilines is 2. The number of carbonyl (C=O) groups excluding carboxylic acids is 1. The Morgan fingerprint density at radius 1 is 1.14 bits per heavy atom. The van der Waals surface area contributed by atoms with Crippen LogP contribution in [-0.4, -0.2) is 13.1 Å². The van der Waals surface area contributed by atoms with Gasteiger partial charge in [0, 0.05) is 34.2 Å². The number of hydrogen-bond acceptors (Lipinski definition) is 3. The standard InChI is InChI=1S/C16H21N3OS/c1-10-9-15(12(3)21-10)11(2)18-13-5-7-14(8-6-13)19-16(20)17-4/h5-9,11,18H,1-4H3,(H2,17,19,20). The van der Waals surface area contributed by atoms with E-state index in [4.69, 9.17) is 0 Å². The molecule has 1 atom stereocenters. The Labute approximate surface area is 129 Å². The van der Waals surface area contributed by atoms with Crippen molar-refractivity contribution in [2.45, 2.75) is 26.8 Å². The number of thiophene rings is 1. The monoisotopic (exact) mass is 303 g/mol. The third-order valence-corrected chi connectivity index (χ3v) is 4.28. The quantitative estimate of drug-likeness (QED) is 0.789. The van der Waals surface area contributed by atoms with Crippen LogP contribution in [0, 0.1) is 13.8 Å². The summed E-state index contributed by atoms with van der Waals surface area (Å²) in [6.45, 7) is 6.44. The zero-order chi connectivity index (χ0) is 15.4. The van der Waals surface area contributed by atoms with E-state index in [1.807, 2.05) is 35.6 Å². The molecule has 5 heteroatoms. The third-order valence-electron chi connectivity index (χ3n) is 3.30. The van der Waals surface area contributed by atoms with Crippen molar-refractivity contribution >= 4 is 28.7 Å². The minimum absolute atomic E-state index is 0.214. The number of nitrogens with one attached hydrogen (secondary N) is 3. The van der Waals surface area contributed by atoms with Crippen molar-refractivity contribution in [2.75, 3.05) is 17.7 Å². The Hall–Kier alpha value is -2.01. The molecule has 0 saturated heterocycles. The van der Waals surface area contributed by atoms with Gasteiger partial charge in [-0.05, 0) is 56.7 Å². The van der Waals surface area contributed by atoms with Gasteiger partial charge in [-0.15, -0.1) is 11.3 Å². The van der Waals surface area contributed by atoms with Crippen LogP contribution < -0.4 is 16.0 Å². The van der Waals surface area contributed by atoms with E-state index in [0.29, 0.717) is 0 Å². The first-order chi connectivity index (χ1) is 9.99. The van der Waals surface area contributed by atoms with E-state index in [0.717, 1.165) is 11.4 Å². The first-order valence-electron chi connectivity index (χ1n) is 6.92. The first-order valence-corrected chi connectivity index (χ1v) is 7.73. The molecule has 1 unspecified atom stereocenters. The molecule has 3 N–H and O–H groups in total. The van der Waals surface area contributed by atoms with Crippen LogP contribution in [0.1, 0.15) is 28.3 Å². The van der Waals surface area contributed by atoms with Crippen LogP contribution in [-0.2, 0) is 0 Å². The summed E-state index contributed by atoms with van der Waals surface area (Å²) in [6.07, 6.45) is 0. The average molecular weight is 303 g/mol. The molecule has 4 nitrogen and oxygen atoms in total. The summed E-state index contributed by atoms with van der Waals surface area (Å²) in [5.41, 5.74) is 3.15. The highest BCUT2D eigenvalue weighted by Gasteiger charge is 2.11. The molecule has 0 spiro atoms. The molecule has 2 aromatic rings. The molecule has 21 heavy (non-hydrogen) atoms. The Kier molecular flexibility index (Phi) is 4.85. The number of benzene rings is 1. The second kappa shape index (κ2) is 6.63. The Bertz CT molecular complexity index is 619. The second-order valence-electron chi connectivity index (χ2n) is 5.02. The minimum atomic E-state index is -0.214. The summed E-state index contributed by atoms with van der Waals surface area (Å²) in [7, 11) is 1.60. The van der Waals surface area contributed by atoms with Gasteiger partial charge in [0.1, 0.15) is 0 Å². The summed E-state index contributed by atoms with van der Waals surface area (Å²) in [6, 6.07) is 9.99. The van der Waals surface area contributed by atoms with Gasteiger partial charge in [-0.1, -0.05) is 0 Å². The molecule has 0 aliphatic heterocycles. The van der Waals surface area contributed by atoms with E-state index in [2.05, 4.69) is 42.8 Å². The highest BCUT2D eigenvalue weighted by Crippen LogP contribution is 2.28. The normalized spacial score (nSPS) is 11.8. The van der Waals surface area contributed by atoms with Crippen molar-refractivity contribution in [1.82, 2.24) is 5.32 Å². The predicted octanol–water partition coefficient (Wildman–Crippen LogP) is 4.29. The zero-order valence-electron chi connectivity index (χ0n) is 12.8. The van der Waals surface area contributed by atoms with Crippen molar-refractivity contribution < 1.29 is 4.79 Å². The van der Waals surface area contributed by atoms with Crippen LogP contribution in [0.15, 0.2) is 30.3 Å². The molecule has 0 aliphatic carbocycles. The summed E-state index contributed by atoms with van der Waals surface area (Å²) in [5, 5.41) is 8.75. The molecule has 0 bridgehead atoms. The number of rotatable bonds is 4. The molecule has 0 aliphatic rings. The van der Waals surface area contributed by atoms with Crippen LogP contribution in [0.5, 0.6) is 0 Å². The van der Waals surface area contributed by atoms with Gasteiger partial charge < -0.3 is 16.0 Å². The van der Waals surface area contributed by atoms with E-state index in [-0.39, 0.29) is 12.1 Å². The lowest BCUT2D eigenvalue weighted by Gasteiger charge is -2.16. The smallest absolute Gasteiger partial charge is 0.318 e. The summed E-state index contributed by atoms with van der Waals surface area (Å²) >= 11 is 1.83. The van der Waals surface area contributed by atoms with Crippen LogP contribution in [0.2, 0.25) is 0 Å². The topological polar surface area (TPSA) is 53.2 Å². The molecule has 0 saturated carbocycles. The van der Waals surface area contributed by atoms with Crippen LogP contribution >= 0.6 is 11.3 Å². The zero-order valence-corrected chi connectivity index (χ0v) is 13.6. The Morgan fingerprint density at radius 2 is 1.76 bits per heavy atom. The van der Waals surface area contributed by atoms with Crippen LogP contribution in [0.4, 0.5) is 16.2 Å². The lowest BCUT2D eigenvalue weighted by molar-refractivity contribution is 0.254. The molecule has 1 heterocycles. The second-order valence-corrected chi connectivity index (χ2v) is 6.48. The van der Waals surface area contributed by atoms with Crippen molar-refractivity contribution in [1.29, 1.82) is 0 Å². The minimum Gasteiger partial charge on any atom is -0.378 e. The van der Waals surface area contributed by atoms with E-state index in [1.54, 1.807) is 7.05 Å². The van der Waals surface area contributed by atoms with Gasteiger partial charge in [0.2, 0.25) is 0 Å². The fourth-order valence-corrected chi connectivity index (χ4v) is 3.27. The van der Waals surface area contributed by atoms with Gasteiger partial charge in [0.25, 0.3) is 0 Å². The highest BCUT2D eigenvalue weighted by atomic mass is 32.1. The van der Waals surface area contributed by atoms with Crippen LogP contribution in [0.25, 0.3) is 0 Å². The third kappa shape index (κ3) is 3.98. The fraction of sp³-hybridized carbons (Fsp3) is 0.312. The lowest BCUT2D eigenvalue weighted by atomic mass is 10.1. The Morgan fingerprint density at radius 3 is 2.29 bits per heavy atom. The molecule has 112 valence electrons. The molecule has 1 aromatic heterocycles. The maximum Gasteiger partial charge on any atom is 0.318 e. The maximum absolute atomic E-state index is 11.2. The van der Waals surface area contributed by atoms with E-state index < -0.39 is 0 Å². The molecular formula is C16H21N3OS. The molecule has 1 aromatic carbocycles. The van der Waals surface area contributed by atoms with Crippen LogP contribution in [0.3, 0.4) is 0 Å². The Balaban J connectivity index is 2.03. The van der Waals surface area contributed by atoms with Gasteiger partial charge in [-0.25, -0.2) is 4.79 Å². The van der Waals surface area contributed by atoms with Gasteiger partial charge in [-0.2, -0.15) is 0 Å². The van der Waals surface area contributed by atoms with Gasteiger partial charge >= 0.3 is 6.03 Å². The van der Waals surface area contributed by atoms with Crippen molar-refractivity contribution in [3.63, 3.8) is 0 Å². The number of carbonyl (C=O) groups is 1. The lowest BCUT2D eigenvalue weighted by Crippen LogP contribution is -2.24. The van der Waals surface area contributed by atoms with Gasteiger partial charge in [0.15, 0.2) is 0 Å². The van der Waals surface area contributed by atoms with Crippen molar-refractivity contribution in [2.24, 2.45) is 0 Å². The average Bonchev–Trinajstić information content (AvgIpc) is 2.80. The van der Waals surface area contributed by atoms with E-state index >= 15 is 0 Å². The number of aryl methyl sites for hydroxylation is 2. The van der Waals surface area contributed by atoms with Crippen molar-refractivity contribution in [3.8, 4) is 0 Å². The maximum atomic E-state index is 11.2. The SMILES string of the molecule is CNC(=O)Nc1ccc(NC(C)c2cc(C)sc2C)cc1. The number of amides is 2. The molecule has 0 fully saturated rings. The summed E-state index contributed by atoms with van der Waals surface area (Å²) in [5.74, 6) is 0. The number of urea groups is 1. The fourth-order valence-electron chi connectivity index (χ4n) is 2.25. The van der Waals surface area contributed by atoms with E-state index in [1.165, 1.54) is 15.3 Å². The summed E-state index contributed by atoms with van der Waals surface area (Å²) in [4.78, 5) is 13.9. The molecule has 2 rings (SSSR count). The predicted molar refractivity (Wildman–Crippen MR) is 90.4 cm³/mol. The number of hydrogen-bond donors (Lipinski definition) is 3. The molecular weight excluding hydrogens is 282 g/mol. The molecule has 2 amide bonds. The van der Waals surface area contributed by atoms with Gasteiger partial charge in [-0.3, -0.25) is 0 Å². The highest BCUT2D eigenvalue weighted by molar-refractivity contribution is 7.12. The van der Waals surface area contributed by atoms with Gasteiger partial charge in [0.05, 0.1) is 0 Å².